The molecule has 1 aliphatic heterocycles. The number of ether oxygens (including phenoxy) is 1. The van der Waals surface area contributed by atoms with Gasteiger partial charge in [-0.15, -0.1) is 0 Å². The van der Waals surface area contributed by atoms with Gasteiger partial charge in [0.1, 0.15) is 11.5 Å². The van der Waals surface area contributed by atoms with Crippen molar-refractivity contribution in [2.24, 2.45) is 11.1 Å². The van der Waals surface area contributed by atoms with E-state index in [0.717, 1.165) is 5.56 Å². The summed E-state index contributed by atoms with van der Waals surface area (Å²) in [5.74, 6) is -0.991. The van der Waals surface area contributed by atoms with E-state index in [-0.39, 0.29) is 21.9 Å². The second-order valence-corrected chi connectivity index (χ2v) is 10.9. The van der Waals surface area contributed by atoms with E-state index in [2.05, 4.69) is 0 Å². The topological polar surface area (TPSA) is 127 Å². The fourth-order valence-electron chi connectivity index (χ4n) is 4.22. The molecule has 37 heavy (non-hydrogen) atoms. The minimum atomic E-state index is -3.94. The maximum atomic E-state index is 13.3. The van der Waals surface area contributed by atoms with Gasteiger partial charge in [0.05, 0.1) is 23.1 Å². The Morgan fingerprint density at radius 1 is 1.03 bits per heavy atom. The molecule has 1 unspecified atom stereocenters. The minimum absolute atomic E-state index is 0.0676. The first-order valence-electron chi connectivity index (χ1n) is 11.7. The number of carbonyl (C=O) groups is 2. The fourth-order valence-corrected chi connectivity index (χ4v) is 4.73. The molecule has 3 aromatic carbocycles. The van der Waals surface area contributed by atoms with Crippen LogP contribution >= 0.6 is 0 Å². The Morgan fingerprint density at radius 2 is 1.68 bits per heavy atom. The predicted molar refractivity (Wildman–Crippen MR) is 141 cm³/mol. The smallest absolute Gasteiger partial charge is 0.300 e. The number of nitrogens with zero attached hydrogens (tertiary/aromatic N) is 1. The number of hydrogen-bond acceptors (Lipinski definition) is 6. The number of benzene rings is 3. The average molecular weight is 521 g/mol. The highest BCUT2D eigenvalue weighted by Crippen LogP contribution is 2.42. The Hall–Kier alpha value is -3.95. The lowest BCUT2D eigenvalue weighted by Gasteiger charge is -2.25. The van der Waals surface area contributed by atoms with Gasteiger partial charge in [0.25, 0.3) is 11.7 Å². The summed E-state index contributed by atoms with van der Waals surface area (Å²) in [6, 6.07) is 18.4. The van der Waals surface area contributed by atoms with Crippen LogP contribution in [0.2, 0.25) is 0 Å². The molecule has 0 aromatic heterocycles. The number of hydrogen-bond donors (Lipinski definition) is 2. The largest absolute Gasteiger partial charge is 0.507 e. The van der Waals surface area contributed by atoms with Crippen molar-refractivity contribution in [3.8, 4) is 5.75 Å². The molecule has 1 atom stereocenters. The van der Waals surface area contributed by atoms with Crippen LogP contribution in [0.4, 0.5) is 5.69 Å². The van der Waals surface area contributed by atoms with Gasteiger partial charge in [-0.2, -0.15) is 0 Å². The first-order valence-corrected chi connectivity index (χ1v) is 13.3. The van der Waals surface area contributed by atoms with Crippen LogP contribution in [0.5, 0.6) is 5.75 Å². The fraction of sp³-hybridized carbons (Fsp3) is 0.214. The summed E-state index contributed by atoms with van der Waals surface area (Å²) in [6.07, 6.45) is 0. The van der Waals surface area contributed by atoms with E-state index in [9.17, 15) is 23.1 Å². The highest BCUT2D eigenvalue weighted by Gasteiger charge is 2.47. The highest BCUT2D eigenvalue weighted by molar-refractivity contribution is 7.89. The quantitative estimate of drug-likeness (QED) is 0.272. The minimum Gasteiger partial charge on any atom is -0.507 e. The van der Waals surface area contributed by atoms with Crippen LogP contribution in [0.3, 0.4) is 0 Å². The van der Waals surface area contributed by atoms with Gasteiger partial charge in [0.15, 0.2) is 0 Å². The summed E-state index contributed by atoms with van der Waals surface area (Å²) in [5, 5.41) is 16.5. The van der Waals surface area contributed by atoms with Gasteiger partial charge in [-0.3, -0.25) is 14.5 Å². The molecule has 3 aromatic rings. The molecule has 1 saturated heterocycles. The van der Waals surface area contributed by atoms with E-state index in [0.29, 0.717) is 29.4 Å². The molecular weight excluding hydrogens is 492 g/mol. The van der Waals surface area contributed by atoms with Gasteiger partial charge in [0.2, 0.25) is 10.0 Å². The number of primary sulfonamides is 1. The number of ketones is 1. The molecule has 1 amide bonds. The summed E-state index contributed by atoms with van der Waals surface area (Å²) < 4.78 is 29.2. The number of anilines is 1. The third-order valence-electron chi connectivity index (χ3n) is 6.02. The van der Waals surface area contributed by atoms with Gasteiger partial charge in [-0.05, 0) is 66.4 Å². The molecule has 8 nitrogen and oxygen atoms in total. The summed E-state index contributed by atoms with van der Waals surface area (Å²) in [6.45, 7) is 6.46. The van der Waals surface area contributed by atoms with Crippen LogP contribution in [0.15, 0.2) is 83.3 Å². The molecule has 1 aliphatic rings. The van der Waals surface area contributed by atoms with Crippen molar-refractivity contribution >= 4 is 33.2 Å². The predicted octanol–water partition coefficient (Wildman–Crippen LogP) is 4.30. The van der Waals surface area contributed by atoms with E-state index in [1.165, 1.54) is 29.2 Å². The van der Waals surface area contributed by atoms with Crippen LogP contribution in [0.25, 0.3) is 5.76 Å². The zero-order valence-corrected chi connectivity index (χ0v) is 21.5. The molecule has 1 heterocycles. The van der Waals surface area contributed by atoms with E-state index in [4.69, 9.17) is 9.88 Å². The van der Waals surface area contributed by atoms with Crippen molar-refractivity contribution in [1.29, 1.82) is 0 Å². The third kappa shape index (κ3) is 5.28. The maximum absolute atomic E-state index is 13.3. The molecule has 192 valence electrons. The van der Waals surface area contributed by atoms with Gasteiger partial charge in [-0.1, -0.05) is 44.2 Å². The van der Waals surface area contributed by atoms with Crippen LogP contribution in [-0.2, 0) is 19.6 Å². The Labute approximate surface area is 216 Å². The lowest BCUT2D eigenvalue weighted by Crippen LogP contribution is -2.29. The van der Waals surface area contributed by atoms with E-state index < -0.39 is 27.8 Å². The number of rotatable bonds is 7. The number of nitrogens with two attached hydrogens (primary N) is 1. The Morgan fingerprint density at radius 3 is 2.24 bits per heavy atom. The van der Waals surface area contributed by atoms with Crippen molar-refractivity contribution in [2.45, 2.75) is 31.7 Å². The summed E-state index contributed by atoms with van der Waals surface area (Å²) in [5.41, 5.74) is 1.97. The molecule has 0 radical (unpaired) electrons. The summed E-state index contributed by atoms with van der Waals surface area (Å²) in [4.78, 5) is 27.7. The lowest BCUT2D eigenvalue weighted by molar-refractivity contribution is -0.132. The van der Waals surface area contributed by atoms with Crippen molar-refractivity contribution in [3.63, 3.8) is 0 Å². The van der Waals surface area contributed by atoms with Crippen LogP contribution in [0.1, 0.15) is 36.6 Å². The van der Waals surface area contributed by atoms with Crippen LogP contribution in [-0.4, -0.2) is 31.8 Å². The van der Waals surface area contributed by atoms with Crippen molar-refractivity contribution in [3.05, 3.63) is 95.1 Å². The molecule has 9 heteroatoms. The van der Waals surface area contributed by atoms with Gasteiger partial charge in [0, 0.05) is 11.3 Å². The van der Waals surface area contributed by atoms with Gasteiger partial charge >= 0.3 is 0 Å². The number of carbonyl (C=O) groups excluding carboxylic acids is 2. The van der Waals surface area contributed by atoms with Gasteiger partial charge < -0.3 is 9.84 Å². The number of aryl methyl sites for hydroxylation is 1. The third-order valence-corrected chi connectivity index (χ3v) is 6.95. The Kier molecular flexibility index (Phi) is 7.20. The molecule has 1 fully saturated rings. The van der Waals surface area contributed by atoms with E-state index in [1.807, 2.05) is 20.8 Å². The zero-order chi connectivity index (χ0) is 26.9. The van der Waals surface area contributed by atoms with E-state index in [1.54, 1.807) is 48.5 Å². The second kappa shape index (κ2) is 10.2. The lowest BCUT2D eigenvalue weighted by atomic mass is 9.94. The number of aliphatic hydroxyl groups excluding tert-OH is 1. The summed E-state index contributed by atoms with van der Waals surface area (Å²) in [7, 11) is -3.94. The summed E-state index contributed by atoms with van der Waals surface area (Å²) >= 11 is 0. The molecular formula is C28H28N2O6S. The van der Waals surface area contributed by atoms with Crippen LogP contribution in [0, 0.1) is 12.8 Å². The van der Waals surface area contributed by atoms with Crippen LogP contribution < -0.4 is 14.8 Å². The Bertz CT molecular complexity index is 1480. The Balaban J connectivity index is 1.83. The molecule has 0 bridgehead atoms. The van der Waals surface area contributed by atoms with Gasteiger partial charge in [-0.25, -0.2) is 13.6 Å². The van der Waals surface area contributed by atoms with E-state index >= 15 is 0 Å². The first-order chi connectivity index (χ1) is 17.5. The maximum Gasteiger partial charge on any atom is 0.300 e. The molecule has 0 saturated carbocycles. The molecule has 0 spiro atoms. The molecule has 4 rings (SSSR count). The number of sulfonamides is 1. The second-order valence-electron chi connectivity index (χ2n) is 9.30. The number of aliphatic hydroxyl groups is 1. The monoisotopic (exact) mass is 520 g/mol. The normalized spacial score (nSPS) is 17.4. The number of amides is 1. The zero-order valence-electron chi connectivity index (χ0n) is 20.7. The van der Waals surface area contributed by atoms with Crippen molar-refractivity contribution in [2.75, 3.05) is 11.5 Å². The number of Topliss-reactive ketones (excluding diaryl/α,β-unsaturated/α-hetero) is 1. The van der Waals surface area contributed by atoms with Crippen molar-refractivity contribution in [1.82, 2.24) is 0 Å². The molecule has 3 N–H and O–H groups in total. The standard InChI is InChI=1S/C28H28N2O6S/c1-17(2)16-36-23-14-9-20(15-18(23)3)26(31)24-25(19-7-5-4-6-8-19)30(28(33)27(24)32)21-10-12-22(13-11-21)37(29,34)35/h4-15,17,25,31H,16H2,1-3H3,(H2,29,34,35)/b26-24+. The highest BCUT2D eigenvalue weighted by atomic mass is 32.2. The SMILES string of the molecule is Cc1cc(/C(O)=C2\C(=O)C(=O)N(c3ccc(S(N)(=O)=O)cc3)C2c2ccccc2)ccc1OCC(C)C. The van der Waals surface area contributed by atoms with Crippen molar-refractivity contribution < 1.29 is 27.9 Å². The first kappa shape index (κ1) is 26.1. The average Bonchev–Trinajstić information content (AvgIpc) is 3.13. The molecule has 0 aliphatic carbocycles.